The molecule has 3 aromatic rings. The van der Waals surface area contributed by atoms with Crippen molar-refractivity contribution in [2.45, 2.75) is 20.4 Å². The van der Waals surface area contributed by atoms with E-state index in [4.69, 9.17) is 5.73 Å². The molecule has 3 rings (SSSR count). The van der Waals surface area contributed by atoms with Crippen molar-refractivity contribution in [1.29, 1.82) is 0 Å². The standard InChI is InChI=1S/C18H19N3/c1-13-6-5-9-15(10-13)18-17(19)12-21(20-18)11-16-8-4-3-7-14(16)2/h3-10,12H,11,19H2,1-2H3. The minimum absolute atomic E-state index is 0.717. The Morgan fingerprint density at radius 1 is 1.05 bits per heavy atom. The van der Waals surface area contributed by atoms with Crippen LogP contribution in [0.1, 0.15) is 16.7 Å². The van der Waals surface area contributed by atoms with Crippen LogP contribution in [0.2, 0.25) is 0 Å². The third-order valence-electron chi connectivity index (χ3n) is 3.68. The zero-order chi connectivity index (χ0) is 14.8. The summed E-state index contributed by atoms with van der Waals surface area (Å²) >= 11 is 0. The molecule has 0 saturated heterocycles. The van der Waals surface area contributed by atoms with Crippen LogP contribution in [0.15, 0.2) is 54.7 Å². The van der Waals surface area contributed by atoms with Crippen molar-refractivity contribution in [2.24, 2.45) is 0 Å². The number of anilines is 1. The van der Waals surface area contributed by atoms with E-state index < -0.39 is 0 Å². The Balaban J connectivity index is 1.93. The molecule has 0 atom stereocenters. The van der Waals surface area contributed by atoms with Gasteiger partial charge in [0.15, 0.2) is 0 Å². The van der Waals surface area contributed by atoms with Gasteiger partial charge in [-0.05, 0) is 31.0 Å². The molecule has 0 fully saturated rings. The quantitative estimate of drug-likeness (QED) is 0.791. The first-order valence-corrected chi connectivity index (χ1v) is 7.08. The van der Waals surface area contributed by atoms with Gasteiger partial charge in [-0.3, -0.25) is 4.68 Å². The molecule has 1 heterocycles. The van der Waals surface area contributed by atoms with Crippen LogP contribution in [-0.2, 0) is 6.54 Å². The topological polar surface area (TPSA) is 43.8 Å². The van der Waals surface area contributed by atoms with E-state index >= 15 is 0 Å². The van der Waals surface area contributed by atoms with Gasteiger partial charge in [0.2, 0.25) is 0 Å². The monoisotopic (exact) mass is 277 g/mol. The molecular formula is C18H19N3. The number of nitrogens with zero attached hydrogens (tertiary/aromatic N) is 2. The second-order valence-electron chi connectivity index (χ2n) is 5.43. The lowest BCUT2D eigenvalue weighted by Crippen LogP contribution is -2.02. The zero-order valence-corrected chi connectivity index (χ0v) is 12.4. The van der Waals surface area contributed by atoms with Crippen molar-refractivity contribution in [1.82, 2.24) is 9.78 Å². The molecular weight excluding hydrogens is 258 g/mol. The molecule has 3 nitrogen and oxygen atoms in total. The lowest BCUT2D eigenvalue weighted by atomic mass is 10.1. The first-order chi connectivity index (χ1) is 10.1. The lowest BCUT2D eigenvalue weighted by Gasteiger charge is -2.05. The summed E-state index contributed by atoms with van der Waals surface area (Å²) in [6.07, 6.45) is 1.91. The average molecular weight is 277 g/mol. The molecule has 3 heteroatoms. The van der Waals surface area contributed by atoms with Gasteiger partial charge in [0.05, 0.1) is 12.2 Å². The largest absolute Gasteiger partial charge is 0.396 e. The summed E-state index contributed by atoms with van der Waals surface area (Å²) in [5, 5.41) is 4.65. The first kappa shape index (κ1) is 13.4. The summed E-state index contributed by atoms with van der Waals surface area (Å²) in [6, 6.07) is 16.6. The molecule has 0 unspecified atom stereocenters. The third-order valence-corrected chi connectivity index (χ3v) is 3.68. The number of hydrogen-bond donors (Lipinski definition) is 1. The van der Waals surface area contributed by atoms with E-state index in [1.807, 2.05) is 23.0 Å². The number of rotatable bonds is 3. The number of hydrogen-bond acceptors (Lipinski definition) is 2. The maximum absolute atomic E-state index is 6.13. The molecule has 0 aliphatic rings. The van der Waals surface area contributed by atoms with Crippen LogP contribution in [0.25, 0.3) is 11.3 Å². The molecule has 2 N–H and O–H groups in total. The van der Waals surface area contributed by atoms with Gasteiger partial charge in [-0.2, -0.15) is 5.10 Å². The second kappa shape index (κ2) is 5.44. The van der Waals surface area contributed by atoms with E-state index in [-0.39, 0.29) is 0 Å². The van der Waals surface area contributed by atoms with Crippen LogP contribution < -0.4 is 5.73 Å². The summed E-state index contributed by atoms with van der Waals surface area (Å²) in [6.45, 7) is 4.93. The normalized spacial score (nSPS) is 10.8. The molecule has 0 saturated carbocycles. The Morgan fingerprint density at radius 2 is 1.86 bits per heavy atom. The molecule has 0 amide bonds. The first-order valence-electron chi connectivity index (χ1n) is 7.08. The summed E-state index contributed by atoms with van der Waals surface area (Å²) in [7, 11) is 0. The third kappa shape index (κ3) is 2.82. The van der Waals surface area contributed by atoms with Gasteiger partial charge in [0.25, 0.3) is 0 Å². The second-order valence-corrected chi connectivity index (χ2v) is 5.43. The van der Waals surface area contributed by atoms with Crippen molar-refractivity contribution < 1.29 is 0 Å². The SMILES string of the molecule is Cc1cccc(-c2nn(Cc3ccccc3C)cc2N)c1. The summed E-state index contributed by atoms with van der Waals surface area (Å²) < 4.78 is 1.91. The van der Waals surface area contributed by atoms with E-state index in [1.54, 1.807) is 0 Å². The number of nitrogen functional groups attached to an aromatic ring is 1. The predicted molar refractivity (Wildman–Crippen MR) is 87.1 cm³/mol. The highest BCUT2D eigenvalue weighted by Crippen LogP contribution is 2.25. The molecule has 0 bridgehead atoms. The highest BCUT2D eigenvalue weighted by atomic mass is 15.3. The molecule has 21 heavy (non-hydrogen) atoms. The van der Waals surface area contributed by atoms with Gasteiger partial charge in [0.1, 0.15) is 5.69 Å². The Kier molecular flexibility index (Phi) is 3.48. The molecule has 1 aromatic heterocycles. The van der Waals surface area contributed by atoms with Crippen LogP contribution in [0.3, 0.4) is 0 Å². The highest BCUT2D eigenvalue weighted by molar-refractivity contribution is 5.72. The van der Waals surface area contributed by atoms with Crippen molar-refractivity contribution in [2.75, 3.05) is 5.73 Å². The van der Waals surface area contributed by atoms with Crippen LogP contribution >= 0.6 is 0 Å². The van der Waals surface area contributed by atoms with E-state index in [1.165, 1.54) is 16.7 Å². The average Bonchev–Trinajstić information content (AvgIpc) is 2.82. The van der Waals surface area contributed by atoms with Crippen LogP contribution in [0.4, 0.5) is 5.69 Å². The fourth-order valence-corrected chi connectivity index (χ4v) is 2.50. The Hall–Kier alpha value is -2.55. The number of aryl methyl sites for hydroxylation is 2. The summed E-state index contributed by atoms with van der Waals surface area (Å²) in [4.78, 5) is 0. The van der Waals surface area contributed by atoms with Crippen molar-refractivity contribution in [3.63, 3.8) is 0 Å². The lowest BCUT2D eigenvalue weighted by molar-refractivity contribution is 0.686. The Bertz CT molecular complexity index is 772. The molecule has 0 aliphatic heterocycles. The van der Waals surface area contributed by atoms with E-state index in [0.29, 0.717) is 5.69 Å². The van der Waals surface area contributed by atoms with Gasteiger partial charge < -0.3 is 5.73 Å². The maximum atomic E-state index is 6.13. The van der Waals surface area contributed by atoms with Gasteiger partial charge in [-0.15, -0.1) is 0 Å². The van der Waals surface area contributed by atoms with Gasteiger partial charge >= 0.3 is 0 Å². The molecule has 0 radical (unpaired) electrons. The van der Waals surface area contributed by atoms with Crippen LogP contribution in [0, 0.1) is 13.8 Å². The fraction of sp³-hybridized carbons (Fsp3) is 0.167. The summed E-state index contributed by atoms with van der Waals surface area (Å²) in [5.41, 5.74) is 12.5. The minimum Gasteiger partial charge on any atom is -0.396 e. The maximum Gasteiger partial charge on any atom is 0.115 e. The zero-order valence-electron chi connectivity index (χ0n) is 12.4. The molecule has 106 valence electrons. The molecule has 0 spiro atoms. The number of benzene rings is 2. The Labute approximate surface area is 125 Å². The van der Waals surface area contributed by atoms with Crippen LogP contribution in [-0.4, -0.2) is 9.78 Å². The van der Waals surface area contributed by atoms with Gasteiger partial charge in [0, 0.05) is 11.8 Å². The van der Waals surface area contributed by atoms with Gasteiger partial charge in [-0.1, -0.05) is 48.0 Å². The number of aromatic nitrogens is 2. The number of nitrogens with two attached hydrogens (primary N) is 1. The van der Waals surface area contributed by atoms with E-state index in [9.17, 15) is 0 Å². The van der Waals surface area contributed by atoms with Crippen molar-refractivity contribution in [3.05, 3.63) is 71.4 Å². The minimum atomic E-state index is 0.717. The van der Waals surface area contributed by atoms with E-state index in [2.05, 4.69) is 55.3 Å². The van der Waals surface area contributed by atoms with E-state index in [0.717, 1.165) is 17.8 Å². The summed E-state index contributed by atoms with van der Waals surface area (Å²) in [5.74, 6) is 0. The van der Waals surface area contributed by atoms with Crippen LogP contribution in [0.5, 0.6) is 0 Å². The molecule has 0 aliphatic carbocycles. The predicted octanol–water partition coefficient (Wildman–Crippen LogP) is 3.80. The Morgan fingerprint density at radius 3 is 2.62 bits per heavy atom. The fourth-order valence-electron chi connectivity index (χ4n) is 2.50. The smallest absolute Gasteiger partial charge is 0.115 e. The van der Waals surface area contributed by atoms with Gasteiger partial charge in [-0.25, -0.2) is 0 Å². The highest BCUT2D eigenvalue weighted by Gasteiger charge is 2.09. The van der Waals surface area contributed by atoms with Crippen molar-refractivity contribution >= 4 is 5.69 Å². The van der Waals surface area contributed by atoms with Crippen molar-refractivity contribution in [3.8, 4) is 11.3 Å². The molecule has 2 aromatic carbocycles.